The first-order valence-corrected chi connectivity index (χ1v) is 5.86. The molecule has 0 radical (unpaired) electrons. The summed E-state index contributed by atoms with van der Waals surface area (Å²) in [6.07, 6.45) is -11.9. The SMILES string of the molecule is Cn1c(NC(=O)C(C)(C(F)(F)F)C(F)(F)F)cc(=O)n(C)c1=O. The number of hydrogen-bond acceptors (Lipinski definition) is 3. The van der Waals surface area contributed by atoms with Crippen molar-refractivity contribution in [2.45, 2.75) is 19.3 Å². The van der Waals surface area contributed by atoms with Crippen molar-refractivity contribution in [2.75, 3.05) is 5.32 Å². The lowest BCUT2D eigenvalue weighted by Crippen LogP contribution is -2.56. The molecule has 0 atom stereocenters. The molecular formula is C11H11F6N3O3. The molecule has 1 N–H and O–H groups in total. The minimum Gasteiger partial charge on any atom is -0.311 e. The van der Waals surface area contributed by atoms with Gasteiger partial charge in [0.2, 0.25) is 11.3 Å². The molecule has 0 aromatic carbocycles. The third-order valence-electron chi connectivity index (χ3n) is 3.36. The number of nitrogens with zero attached hydrogens (tertiary/aromatic N) is 2. The number of halogens is 6. The van der Waals surface area contributed by atoms with E-state index < -0.39 is 40.7 Å². The summed E-state index contributed by atoms with van der Waals surface area (Å²) in [4.78, 5) is 34.6. The number of amides is 1. The van der Waals surface area contributed by atoms with Gasteiger partial charge in [0.05, 0.1) is 0 Å². The van der Waals surface area contributed by atoms with Crippen LogP contribution in [0.4, 0.5) is 32.2 Å². The summed E-state index contributed by atoms with van der Waals surface area (Å²) in [6, 6.07) is 0.534. The number of alkyl halides is 6. The Labute approximate surface area is 124 Å². The predicted molar refractivity (Wildman–Crippen MR) is 65.8 cm³/mol. The van der Waals surface area contributed by atoms with E-state index in [-0.39, 0.29) is 6.92 Å². The Morgan fingerprint density at radius 1 is 1.00 bits per heavy atom. The predicted octanol–water partition coefficient (Wildman–Crippen LogP) is 1.15. The molecular weight excluding hydrogens is 336 g/mol. The highest BCUT2D eigenvalue weighted by Gasteiger charge is 2.72. The minimum atomic E-state index is -5.94. The van der Waals surface area contributed by atoms with Gasteiger partial charge in [-0.15, -0.1) is 0 Å². The van der Waals surface area contributed by atoms with Crippen LogP contribution in [-0.2, 0) is 18.9 Å². The van der Waals surface area contributed by atoms with Crippen LogP contribution in [0.5, 0.6) is 0 Å². The Morgan fingerprint density at radius 2 is 1.43 bits per heavy atom. The van der Waals surface area contributed by atoms with Gasteiger partial charge in [0.15, 0.2) is 0 Å². The van der Waals surface area contributed by atoms with Gasteiger partial charge >= 0.3 is 18.0 Å². The highest BCUT2D eigenvalue weighted by atomic mass is 19.4. The highest BCUT2D eigenvalue weighted by molar-refractivity contribution is 5.95. The van der Waals surface area contributed by atoms with Crippen LogP contribution >= 0.6 is 0 Å². The second-order valence-corrected chi connectivity index (χ2v) is 4.84. The summed E-state index contributed by atoms with van der Waals surface area (Å²) in [5.74, 6) is -3.25. The van der Waals surface area contributed by atoms with E-state index in [2.05, 4.69) is 0 Å². The molecule has 0 bridgehead atoms. The third-order valence-corrected chi connectivity index (χ3v) is 3.36. The average Bonchev–Trinajstić information content (AvgIpc) is 2.38. The first kappa shape index (κ1) is 18.8. The highest BCUT2D eigenvalue weighted by Crippen LogP contribution is 2.50. The Hall–Kier alpha value is -2.27. The molecule has 0 unspecified atom stereocenters. The number of rotatable bonds is 2. The lowest BCUT2D eigenvalue weighted by molar-refractivity contribution is -0.317. The van der Waals surface area contributed by atoms with Crippen LogP contribution in [-0.4, -0.2) is 27.4 Å². The lowest BCUT2D eigenvalue weighted by atomic mass is 9.87. The number of anilines is 1. The summed E-state index contributed by atoms with van der Waals surface area (Å²) >= 11 is 0. The largest absolute Gasteiger partial charge is 0.411 e. The van der Waals surface area contributed by atoms with Crippen molar-refractivity contribution in [1.82, 2.24) is 9.13 Å². The fourth-order valence-electron chi connectivity index (χ4n) is 1.51. The van der Waals surface area contributed by atoms with Crippen LogP contribution in [0.25, 0.3) is 0 Å². The first-order chi connectivity index (χ1) is 10.1. The summed E-state index contributed by atoms with van der Waals surface area (Å²) < 4.78 is 77.7. The maximum absolute atomic E-state index is 12.8. The van der Waals surface area contributed by atoms with Gasteiger partial charge in [-0.3, -0.25) is 18.7 Å². The molecule has 1 rings (SSSR count). The van der Waals surface area contributed by atoms with Crippen LogP contribution < -0.4 is 16.6 Å². The normalized spacial score (nSPS) is 13.1. The Morgan fingerprint density at radius 3 is 1.83 bits per heavy atom. The van der Waals surface area contributed by atoms with E-state index >= 15 is 0 Å². The van der Waals surface area contributed by atoms with Gasteiger partial charge in [0, 0.05) is 20.2 Å². The van der Waals surface area contributed by atoms with Gasteiger partial charge in [-0.2, -0.15) is 26.3 Å². The molecule has 0 aliphatic carbocycles. The van der Waals surface area contributed by atoms with E-state index in [1.807, 2.05) is 0 Å². The van der Waals surface area contributed by atoms with E-state index in [9.17, 15) is 40.7 Å². The molecule has 0 saturated heterocycles. The monoisotopic (exact) mass is 347 g/mol. The zero-order valence-corrected chi connectivity index (χ0v) is 12.0. The molecule has 0 aliphatic heterocycles. The first-order valence-electron chi connectivity index (χ1n) is 5.86. The maximum Gasteiger partial charge on any atom is 0.411 e. The number of hydrogen-bond donors (Lipinski definition) is 1. The fourth-order valence-corrected chi connectivity index (χ4v) is 1.51. The standard InChI is InChI=1S/C11H11F6N3O3/c1-9(10(12,13)14,11(15,16)17)7(22)18-5-4-6(21)20(3)8(23)19(5)2/h4H,1-3H3,(H,18,22). The van der Waals surface area contributed by atoms with Crippen LogP contribution in [0, 0.1) is 5.41 Å². The van der Waals surface area contributed by atoms with Crippen LogP contribution in [0.2, 0.25) is 0 Å². The quantitative estimate of drug-likeness (QED) is 0.816. The molecule has 1 amide bonds. The van der Waals surface area contributed by atoms with Crippen molar-refractivity contribution in [3.05, 3.63) is 26.9 Å². The second-order valence-electron chi connectivity index (χ2n) is 4.84. The topological polar surface area (TPSA) is 73.1 Å². The zero-order valence-electron chi connectivity index (χ0n) is 12.0. The third kappa shape index (κ3) is 2.97. The van der Waals surface area contributed by atoms with Gasteiger partial charge in [-0.05, 0) is 6.92 Å². The van der Waals surface area contributed by atoms with E-state index in [1.165, 1.54) is 5.32 Å². The van der Waals surface area contributed by atoms with Gasteiger partial charge in [0.1, 0.15) is 5.82 Å². The summed E-state index contributed by atoms with van der Waals surface area (Å²) in [7, 11) is 2.02. The van der Waals surface area contributed by atoms with E-state index in [0.29, 0.717) is 15.2 Å². The van der Waals surface area contributed by atoms with Crippen LogP contribution in [0.15, 0.2) is 15.7 Å². The molecule has 1 heterocycles. The number of aromatic nitrogens is 2. The zero-order chi connectivity index (χ0) is 18.4. The Kier molecular flexibility index (Phi) is 4.43. The molecule has 0 fully saturated rings. The van der Waals surface area contributed by atoms with Crippen molar-refractivity contribution in [3.8, 4) is 0 Å². The second kappa shape index (κ2) is 5.42. The Balaban J connectivity index is 3.42. The van der Waals surface area contributed by atoms with Crippen molar-refractivity contribution in [2.24, 2.45) is 19.5 Å². The molecule has 6 nitrogen and oxygen atoms in total. The average molecular weight is 347 g/mol. The Bertz CT molecular complexity index is 729. The van der Waals surface area contributed by atoms with Crippen LogP contribution in [0.1, 0.15) is 6.92 Å². The molecule has 1 aromatic heterocycles. The molecule has 0 aliphatic rings. The van der Waals surface area contributed by atoms with Crippen molar-refractivity contribution < 1.29 is 31.1 Å². The smallest absolute Gasteiger partial charge is 0.311 e. The molecule has 0 spiro atoms. The van der Waals surface area contributed by atoms with Gasteiger partial charge in [-0.1, -0.05) is 0 Å². The summed E-state index contributed by atoms with van der Waals surface area (Å²) in [5.41, 5.74) is -6.76. The molecule has 0 saturated carbocycles. The fraction of sp³-hybridized carbons (Fsp3) is 0.545. The lowest BCUT2D eigenvalue weighted by Gasteiger charge is -2.32. The minimum absolute atomic E-state index is 0.332. The van der Waals surface area contributed by atoms with Gasteiger partial charge in [-0.25, -0.2) is 4.79 Å². The number of nitrogens with one attached hydrogen (secondary N) is 1. The van der Waals surface area contributed by atoms with Gasteiger partial charge < -0.3 is 5.32 Å². The van der Waals surface area contributed by atoms with E-state index in [1.54, 1.807) is 0 Å². The van der Waals surface area contributed by atoms with Crippen molar-refractivity contribution in [3.63, 3.8) is 0 Å². The number of carbonyl (C=O) groups is 1. The van der Waals surface area contributed by atoms with Gasteiger partial charge in [0.25, 0.3) is 5.56 Å². The van der Waals surface area contributed by atoms with Crippen LogP contribution in [0.3, 0.4) is 0 Å². The molecule has 130 valence electrons. The van der Waals surface area contributed by atoms with E-state index in [0.717, 1.165) is 14.1 Å². The van der Waals surface area contributed by atoms with E-state index in [4.69, 9.17) is 0 Å². The summed E-state index contributed by atoms with van der Waals surface area (Å²) in [5, 5.41) is 1.34. The molecule has 12 heteroatoms. The van der Waals surface area contributed by atoms with Crippen molar-refractivity contribution in [1.29, 1.82) is 0 Å². The molecule has 1 aromatic rings. The maximum atomic E-state index is 12.8. The summed E-state index contributed by atoms with van der Waals surface area (Å²) in [6.45, 7) is -0.332. The number of carbonyl (C=O) groups excluding carboxylic acids is 1. The van der Waals surface area contributed by atoms with Crippen molar-refractivity contribution >= 4 is 11.7 Å². The molecule has 23 heavy (non-hydrogen) atoms.